The Balaban J connectivity index is 2.26. The Morgan fingerprint density at radius 3 is 1.78 bits per heavy atom. The fraction of sp³-hybridized carbons (Fsp3) is 0.806. The van der Waals surface area contributed by atoms with Crippen molar-refractivity contribution in [2.24, 2.45) is 5.41 Å². The van der Waals surface area contributed by atoms with Crippen LogP contribution in [0.3, 0.4) is 0 Å². The van der Waals surface area contributed by atoms with Crippen LogP contribution in [-0.2, 0) is 33.4 Å². The highest BCUT2D eigenvalue weighted by Crippen LogP contribution is 2.25. The van der Waals surface area contributed by atoms with Crippen LogP contribution in [0.15, 0.2) is 12.2 Å². The summed E-state index contributed by atoms with van der Waals surface area (Å²) in [5.74, 6) is -1.62. The average Bonchev–Trinajstić information content (AvgIpc) is 3.27. The first-order valence-electron chi connectivity index (χ1n) is 17.8. The molecule has 1 unspecified atom stereocenters. The van der Waals surface area contributed by atoms with Gasteiger partial charge >= 0.3 is 11.9 Å². The number of nitrogens with zero attached hydrogens (tertiary/aromatic N) is 2. The second-order valence-electron chi connectivity index (χ2n) is 13.2. The fourth-order valence-corrected chi connectivity index (χ4v) is 5.56. The molecular formula is C36H63N3O7. The number of hydrogen-bond donors (Lipinski definition) is 1. The van der Waals surface area contributed by atoms with Crippen LogP contribution in [0.1, 0.15) is 137 Å². The predicted molar refractivity (Wildman–Crippen MR) is 181 cm³/mol. The molecule has 1 saturated heterocycles. The molecule has 0 radical (unpaired) electrons. The van der Waals surface area contributed by atoms with Gasteiger partial charge in [-0.05, 0) is 38.5 Å². The van der Waals surface area contributed by atoms with Crippen LogP contribution < -0.4 is 5.32 Å². The summed E-state index contributed by atoms with van der Waals surface area (Å²) in [5, 5.41) is 2.68. The summed E-state index contributed by atoms with van der Waals surface area (Å²) in [6, 6.07) is 0. The van der Waals surface area contributed by atoms with Crippen LogP contribution >= 0.6 is 0 Å². The summed E-state index contributed by atoms with van der Waals surface area (Å²) >= 11 is 0. The van der Waals surface area contributed by atoms with E-state index in [1.807, 2.05) is 4.90 Å². The molecule has 0 aliphatic carbocycles. The zero-order valence-electron chi connectivity index (χ0n) is 29.5. The molecule has 0 bridgehead atoms. The SMILES string of the molecule is CCCCCCCCC=CCCCCCCCC(=O)N1CCCN(C(=O)CCNC(=O)C(OC(C)=O)C(C)(C)COC(C)=O)CC1. The Morgan fingerprint density at radius 1 is 0.717 bits per heavy atom. The lowest BCUT2D eigenvalue weighted by Gasteiger charge is -2.31. The molecule has 10 heteroatoms. The Morgan fingerprint density at radius 2 is 1.24 bits per heavy atom. The molecule has 3 amide bonds. The molecule has 0 aromatic rings. The van der Waals surface area contributed by atoms with Crippen molar-refractivity contribution in [3.05, 3.63) is 12.2 Å². The minimum atomic E-state index is -1.18. The maximum atomic E-state index is 12.9. The molecule has 1 N–H and O–H groups in total. The zero-order chi connectivity index (χ0) is 34.2. The number of carbonyl (C=O) groups excluding carboxylic acids is 5. The third kappa shape index (κ3) is 18.9. The smallest absolute Gasteiger partial charge is 0.303 e. The lowest BCUT2D eigenvalue weighted by atomic mass is 9.86. The van der Waals surface area contributed by atoms with E-state index in [-0.39, 0.29) is 31.4 Å². The highest BCUT2D eigenvalue weighted by Gasteiger charge is 2.39. The van der Waals surface area contributed by atoms with Crippen LogP contribution in [0, 0.1) is 5.41 Å². The molecule has 46 heavy (non-hydrogen) atoms. The number of hydrogen-bond acceptors (Lipinski definition) is 7. The molecular weight excluding hydrogens is 586 g/mol. The van der Waals surface area contributed by atoms with Crippen LogP contribution in [0.4, 0.5) is 0 Å². The zero-order valence-corrected chi connectivity index (χ0v) is 29.5. The van der Waals surface area contributed by atoms with E-state index in [0.29, 0.717) is 32.6 Å². The Labute approximate surface area is 278 Å². The number of rotatable bonds is 23. The van der Waals surface area contributed by atoms with Gasteiger partial charge in [0.15, 0.2) is 6.10 Å². The Kier molecular flexibility index (Phi) is 21.7. The van der Waals surface area contributed by atoms with Gasteiger partial charge in [0.25, 0.3) is 5.91 Å². The summed E-state index contributed by atoms with van der Waals surface area (Å²) in [6.07, 6.45) is 20.8. The number of nitrogens with one attached hydrogen (secondary N) is 1. The van der Waals surface area contributed by atoms with Gasteiger partial charge in [0.05, 0.1) is 0 Å². The lowest BCUT2D eigenvalue weighted by Crippen LogP contribution is -2.49. The van der Waals surface area contributed by atoms with Gasteiger partial charge in [0, 0.05) is 64.8 Å². The monoisotopic (exact) mass is 649 g/mol. The number of carbonyl (C=O) groups is 5. The van der Waals surface area contributed by atoms with Crippen molar-refractivity contribution in [2.45, 2.75) is 143 Å². The van der Waals surface area contributed by atoms with Gasteiger partial charge in [-0.3, -0.25) is 24.0 Å². The van der Waals surface area contributed by atoms with Crippen molar-refractivity contribution < 1.29 is 33.4 Å². The number of unbranched alkanes of at least 4 members (excludes halogenated alkanes) is 11. The van der Waals surface area contributed by atoms with Gasteiger partial charge in [-0.2, -0.15) is 0 Å². The highest BCUT2D eigenvalue weighted by molar-refractivity contribution is 5.85. The molecule has 1 fully saturated rings. The summed E-state index contributed by atoms with van der Waals surface area (Å²) in [5.41, 5.74) is -0.962. The second-order valence-corrected chi connectivity index (χ2v) is 13.2. The molecule has 0 saturated carbocycles. The molecule has 264 valence electrons. The van der Waals surface area contributed by atoms with Gasteiger partial charge in [0.2, 0.25) is 11.8 Å². The van der Waals surface area contributed by atoms with Gasteiger partial charge in [-0.15, -0.1) is 0 Å². The number of esters is 2. The fourth-order valence-electron chi connectivity index (χ4n) is 5.56. The molecule has 1 rings (SSSR count). The van der Waals surface area contributed by atoms with E-state index < -0.39 is 29.4 Å². The Bertz CT molecular complexity index is 950. The summed E-state index contributed by atoms with van der Waals surface area (Å²) in [4.78, 5) is 65.0. The summed E-state index contributed by atoms with van der Waals surface area (Å²) in [6.45, 7) is 10.2. The van der Waals surface area contributed by atoms with Crippen molar-refractivity contribution in [2.75, 3.05) is 39.3 Å². The first-order chi connectivity index (χ1) is 22.0. The van der Waals surface area contributed by atoms with Crippen molar-refractivity contribution in [1.29, 1.82) is 0 Å². The number of allylic oxidation sites excluding steroid dienone is 2. The molecule has 0 aromatic heterocycles. The van der Waals surface area contributed by atoms with E-state index in [4.69, 9.17) is 9.47 Å². The Hall–Kier alpha value is -2.91. The minimum absolute atomic E-state index is 0.0771. The topological polar surface area (TPSA) is 122 Å². The van der Waals surface area contributed by atoms with Gasteiger partial charge in [-0.1, -0.05) is 84.3 Å². The van der Waals surface area contributed by atoms with Gasteiger partial charge in [-0.25, -0.2) is 0 Å². The van der Waals surface area contributed by atoms with E-state index in [1.165, 1.54) is 71.6 Å². The molecule has 1 atom stereocenters. The molecule has 10 nitrogen and oxygen atoms in total. The predicted octanol–water partition coefficient (Wildman–Crippen LogP) is 6.11. The van der Waals surface area contributed by atoms with Crippen molar-refractivity contribution in [3.8, 4) is 0 Å². The normalized spacial score (nSPS) is 14.5. The van der Waals surface area contributed by atoms with Crippen LogP contribution in [0.25, 0.3) is 0 Å². The number of ether oxygens (including phenoxy) is 2. The van der Waals surface area contributed by atoms with Crippen molar-refractivity contribution in [1.82, 2.24) is 15.1 Å². The third-order valence-corrected chi connectivity index (χ3v) is 8.37. The molecule has 0 spiro atoms. The maximum absolute atomic E-state index is 12.9. The van der Waals surface area contributed by atoms with E-state index in [0.717, 1.165) is 32.1 Å². The highest BCUT2D eigenvalue weighted by atomic mass is 16.6. The summed E-state index contributed by atoms with van der Waals surface area (Å²) in [7, 11) is 0. The van der Waals surface area contributed by atoms with E-state index in [1.54, 1.807) is 18.7 Å². The van der Waals surface area contributed by atoms with E-state index in [2.05, 4.69) is 24.4 Å². The van der Waals surface area contributed by atoms with E-state index in [9.17, 15) is 24.0 Å². The molecule has 1 aliphatic heterocycles. The standard InChI is InChI=1S/C36H63N3O7/c1-6-7-8-9-10-11-12-13-14-15-16-17-18-19-20-22-32(42)38-25-21-26-39(28-27-38)33(43)23-24-37-35(44)34(46-31(3)41)36(4,5)29-45-30(2)40/h13-14,34H,6-12,15-29H2,1-5H3,(H,37,44). The van der Waals surface area contributed by atoms with E-state index >= 15 is 0 Å². The lowest BCUT2D eigenvalue weighted by molar-refractivity contribution is -0.166. The largest absolute Gasteiger partial charge is 0.465 e. The summed E-state index contributed by atoms with van der Waals surface area (Å²) < 4.78 is 10.3. The average molecular weight is 650 g/mol. The van der Waals surface area contributed by atoms with Crippen LogP contribution in [0.2, 0.25) is 0 Å². The van der Waals surface area contributed by atoms with Crippen molar-refractivity contribution in [3.63, 3.8) is 0 Å². The molecule has 0 aromatic carbocycles. The number of amides is 3. The maximum Gasteiger partial charge on any atom is 0.303 e. The molecule has 1 aliphatic rings. The minimum Gasteiger partial charge on any atom is -0.465 e. The molecule has 1 heterocycles. The van der Waals surface area contributed by atoms with Crippen LogP contribution in [-0.4, -0.2) is 84.9 Å². The third-order valence-electron chi connectivity index (χ3n) is 8.37. The van der Waals surface area contributed by atoms with Crippen molar-refractivity contribution >= 4 is 29.7 Å². The quantitative estimate of drug-likeness (QED) is 0.0805. The van der Waals surface area contributed by atoms with Gasteiger partial charge in [0.1, 0.15) is 6.61 Å². The van der Waals surface area contributed by atoms with Crippen LogP contribution in [0.5, 0.6) is 0 Å². The first-order valence-corrected chi connectivity index (χ1v) is 17.8. The second kappa shape index (κ2) is 24.3. The van der Waals surface area contributed by atoms with Gasteiger partial charge < -0.3 is 24.6 Å². The first kappa shape index (κ1) is 41.1.